The Morgan fingerprint density at radius 2 is 1.89 bits per heavy atom. The van der Waals surface area contributed by atoms with Crippen LogP contribution in [0.15, 0.2) is 23.8 Å². The Kier molecular flexibility index (Phi) is 7.78. The fourth-order valence-corrected chi connectivity index (χ4v) is 7.71. The van der Waals surface area contributed by atoms with Gasteiger partial charge in [0.05, 0.1) is 38.6 Å². The topological polar surface area (TPSA) is 272 Å². The second-order valence-electron chi connectivity index (χ2n) is 10.7. The highest BCUT2D eigenvalue weighted by molar-refractivity contribution is 8.44. The maximum Gasteiger partial charge on any atom is 0.386 e. The first-order valence-electron chi connectivity index (χ1n) is 13.3. The number of nitrogen functional groups attached to an aromatic ring is 2. The van der Waals surface area contributed by atoms with Crippen molar-refractivity contribution >= 4 is 71.7 Å². The van der Waals surface area contributed by atoms with E-state index in [-0.39, 0.29) is 55.3 Å². The number of H-pyrrole nitrogens is 1. The van der Waals surface area contributed by atoms with Gasteiger partial charge in [0.25, 0.3) is 5.56 Å². The zero-order valence-electron chi connectivity index (χ0n) is 22.8. The summed E-state index contributed by atoms with van der Waals surface area (Å²) in [5, 5.41) is 0. The summed E-state index contributed by atoms with van der Waals surface area (Å²) in [4.78, 5) is 54.5. The fourth-order valence-electron chi connectivity index (χ4n) is 5.64. The van der Waals surface area contributed by atoms with E-state index in [9.17, 15) is 19.1 Å². The molecular weight excluding hydrogens is 678 g/mol. The van der Waals surface area contributed by atoms with Crippen molar-refractivity contribution in [3.8, 4) is 0 Å². The average Bonchev–Trinajstić information content (AvgIpc) is 3.78. The predicted molar refractivity (Wildman–Crippen MR) is 160 cm³/mol. The minimum atomic E-state index is -4.13. The van der Waals surface area contributed by atoms with E-state index in [1.807, 2.05) is 0 Å². The maximum absolute atomic E-state index is 13.6. The fraction of sp³-hybridized carbons (Fsp3) is 0.524. The van der Waals surface area contributed by atoms with Gasteiger partial charge >= 0.3 is 13.5 Å². The Bertz CT molecular complexity index is 1940. The number of imidazole rings is 2. The first kappa shape index (κ1) is 31.0. The minimum Gasteiger partial charge on any atom is -0.382 e. The lowest BCUT2D eigenvalue weighted by molar-refractivity contribution is -0.180. The number of thiol groups is 1. The number of nitrogens with zero attached hydrogens (tertiary/aromatic N) is 7. The molecule has 7 N–H and O–H groups in total. The van der Waals surface area contributed by atoms with Gasteiger partial charge in [0, 0.05) is 12.8 Å². The van der Waals surface area contributed by atoms with Gasteiger partial charge in [-0.15, -0.1) is 0 Å². The van der Waals surface area contributed by atoms with Crippen LogP contribution in [0.3, 0.4) is 0 Å². The third kappa shape index (κ3) is 6.01. The number of ether oxygens (including phenoxy) is 3. The highest BCUT2D eigenvalue weighted by Gasteiger charge is 2.55. The number of nitrogens with two attached hydrogens (primary N) is 2. The minimum absolute atomic E-state index is 0.0274. The third-order valence-electron chi connectivity index (χ3n) is 7.54. The Balaban J connectivity index is 1.08. The molecule has 242 valence electrons. The molecule has 45 heavy (non-hydrogen) atoms. The van der Waals surface area contributed by atoms with E-state index < -0.39 is 49.3 Å². The maximum atomic E-state index is 13.6. The number of nitrogens with one attached hydrogen (secondary N) is 1. The van der Waals surface area contributed by atoms with Crippen molar-refractivity contribution in [3.05, 3.63) is 29.3 Å². The number of aromatic amines is 1. The summed E-state index contributed by atoms with van der Waals surface area (Å²) in [7, 11) is 0. The highest BCUT2D eigenvalue weighted by atomic mass is 32.7. The number of rotatable bonds is 10. The molecule has 7 heterocycles. The molecular formula is C21H26N10O10P2S2. The standard InChI is InChI=1S/C21H26N10O10P2S2/c22-14-12-15(25-6-24-14)30(7-26-12)19-11-2-21(40-19,4-36-11)5-38-43(35,45)41-10-1-9(3-37-42(33,34)44)39-18(10)31-8-27-13-16(31)28-20(23)29-17(13)32/h6-11,18-19H,1-5H2,(H,35,45)(H2,22,24,25)(H2,33,34,44)(H3,23,28,29,32)/t9-,10+,11+,18+,19+,21+,43?/m0/s1. The number of hydrogen-bond donors (Lipinski definition) is 6. The predicted octanol–water partition coefficient (Wildman–Crippen LogP) is 0.133. The average molecular weight is 705 g/mol. The van der Waals surface area contributed by atoms with Gasteiger partial charge in [-0.1, -0.05) is 12.2 Å². The molecule has 3 fully saturated rings. The van der Waals surface area contributed by atoms with Crippen LogP contribution in [0.5, 0.6) is 0 Å². The van der Waals surface area contributed by atoms with Crippen molar-refractivity contribution in [2.75, 3.05) is 31.3 Å². The summed E-state index contributed by atoms with van der Waals surface area (Å²) in [6, 6.07) is 0. The van der Waals surface area contributed by atoms with E-state index in [0.717, 1.165) is 0 Å². The molecule has 4 aromatic rings. The van der Waals surface area contributed by atoms with Crippen molar-refractivity contribution in [2.24, 2.45) is 0 Å². The van der Waals surface area contributed by atoms with E-state index in [2.05, 4.69) is 54.0 Å². The van der Waals surface area contributed by atoms with Crippen LogP contribution >= 0.6 is 25.8 Å². The molecule has 7 rings (SSSR count). The molecule has 3 saturated heterocycles. The summed E-state index contributed by atoms with van der Waals surface area (Å²) in [5.41, 5.74) is 11.0. The molecule has 0 amide bonds. The van der Waals surface area contributed by atoms with Crippen molar-refractivity contribution < 1.29 is 42.1 Å². The molecule has 2 bridgehead atoms. The van der Waals surface area contributed by atoms with Crippen molar-refractivity contribution in [1.82, 2.24) is 39.0 Å². The third-order valence-corrected chi connectivity index (χ3v) is 9.97. The molecule has 0 spiro atoms. The van der Waals surface area contributed by atoms with Gasteiger partial charge in [0.2, 0.25) is 5.95 Å². The molecule has 3 aliphatic heterocycles. The molecule has 4 aromatic heterocycles. The zero-order chi connectivity index (χ0) is 31.7. The molecule has 20 nitrogen and oxygen atoms in total. The monoisotopic (exact) mass is 704 g/mol. The van der Waals surface area contributed by atoms with Gasteiger partial charge in [-0.05, 0) is 11.8 Å². The van der Waals surface area contributed by atoms with Crippen LogP contribution in [0.25, 0.3) is 22.3 Å². The molecule has 24 heteroatoms. The molecule has 0 aliphatic carbocycles. The summed E-state index contributed by atoms with van der Waals surface area (Å²) >= 11 is 8.75. The SMILES string of the molecule is Nc1nc2c(ncn2[C@@H]2O[C@H](COP(O)(O)=S)C[C@H]2OP(=O)(S)OC[C@]23CO[C@H](C2)[C@H](n2cnc4c(N)ncnc42)O3)c(=O)[nH]1. The van der Waals surface area contributed by atoms with E-state index in [1.54, 1.807) is 4.57 Å². The number of fused-ring (bicyclic) bond motifs is 4. The van der Waals surface area contributed by atoms with Crippen molar-refractivity contribution in [2.45, 2.75) is 49.2 Å². The number of anilines is 2. The lowest BCUT2D eigenvalue weighted by atomic mass is 10.0. The summed E-state index contributed by atoms with van der Waals surface area (Å²) in [6.45, 7) is -8.49. The zero-order valence-corrected chi connectivity index (χ0v) is 26.3. The van der Waals surface area contributed by atoms with Crippen LogP contribution in [0.4, 0.5) is 11.8 Å². The number of aromatic nitrogens is 8. The largest absolute Gasteiger partial charge is 0.386 e. The van der Waals surface area contributed by atoms with Crippen LogP contribution in [0.2, 0.25) is 0 Å². The molecule has 0 aromatic carbocycles. The lowest BCUT2D eigenvalue weighted by Gasteiger charge is -2.32. The van der Waals surface area contributed by atoms with E-state index >= 15 is 0 Å². The second-order valence-corrected chi connectivity index (χ2v) is 16.2. The quantitative estimate of drug-likeness (QED) is 0.0945. The van der Waals surface area contributed by atoms with Gasteiger partial charge < -0.3 is 40.0 Å². The smallest absolute Gasteiger partial charge is 0.382 e. The molecule has 3 aliphatic rings. The van der Waals surface area contributed by atoms with Crippen LogP contribution in [0, 0.1) is 0 Å². The Labute approximate surface area is 262 Å². The summed E-state index contributed by atoms with van der Waals surface area (Å²) in [5.74, 6) is 0.0597. The van der Waals surface area contributed by atoms with Crippen LogP contribution in [-0.4, -0.2) is 92.6 Å². The van der Waals surface area contributed by atoms with E-state index in [4.69, 9.17) is 39.2 Å². The lowest BCUT2D eigenvalue weighted by Crippen LogP contribution is -2.39. The highest BCUT2D eigenvalue weighted by Crippen LogP contribution is 2.58. The van der Waals surface area contributed by atoms with Gasteiger partial charge in [-0.2, -0.15) is 4.98 Å². The second kappa shape index (κ2) is 11.3. The molecule has 7 atom stereocenters. The van der Waals surface area contributed by atoms with E-state index in [0.29, 0.717) is 17.6 Å². The molecule has 0 radical (unpaired) electrons. The van der Waals surface area contributed by atoms with Gasteiger partial charge in [-0.3, -0.25) is 28.0 Å². The Morgan fingerprint density at radius 1 is 1.13 bits per heavy atom. The van der Waals surface area contributed by atoms with Gasteiger partial charge in [0.15, 0.2) is 35.1 Å². The first-order valence-corrected chi connectivity index (χ1v) is 18.6. The van der Waals surface area contributed by atoms with Crippen molar-refractivity contribution in [1.29, 1.82) is 0 Å². The van der Waals surface area contributed by atoms with Crippen molar-refractivity contribution in [3.63, 3.8) is 0 Å². The first-order chi connectivity index (χ1) is 21.3. The Morgan fingerprint density at radius 3 is 2.67 bits per heavy atom. The Hall–Kier alpha value is -2.59. The molecule has 0 saturated carbocycles. The summed E-state index contributed by atoms with van der Waals surface area (Å²) in [6.07, 6.45) is 0.694. The normalized spacial score (nSPS) is 29.6. The van der Waals surface area contributed by atoms with Crippen LogP contribution in [0.1, 0.15) is 25.3 Å². The van der Waals surface area contributed by atoms with Gasteiger partial charge in [-0.25, -0.2) is 24.5 Å². The summed E-state index contributed by atoms with van der Waals surface area (Å²) < 4.78 is 51.6. The van der Waals surface area contributed by atoms with Crippen LogP contribution < -0.4 is 17.0 Å². The van der Waals surface area contributed by atoms with E-state index in [1.165, 1.54) is 23.5 Å². The van der Waals surface area contributed by atoms with Gasteiger partial charge in [0.1, 0.15) is 29.7 Å². The number of hydrogen-bond acceptors (Lipinski definition) is 16. The molecule has 1 unspecified atom stereocenters. The van der Waals surface area contributed by atoms with Crippen LogP contribution in [-0.2, 0) is 44.2 Å².